The van der Waals surface area contributed by atoms with E-state index in [-0.39, 0.29) is 11.8 Å². The largest absolute Gasteiger partial charge is 0.347 e. The molecule has 1 rings (SSSR count). The van der Waals surface area contributed by atoms with E-state index in [1.54, 1.807) is 20.8 Å². The maximum absolute atomic E-state index is 10.7. The quantitative estimate of drug-likeness (QED) is 0.567. The van der Waals surface area contributed by atoms with Gasteiger partial charge >= 0.3 is 10.1 Å². The summed E-state index contributed by atoms with van der Waals surface area (Å²) >= 11 is 5.82. The fourth-order valence-electron chi connectivity index (χ4n) is 1.21. The van der Waals surface area contributed by atoms with E-state index < -0.39 is 21.5 Å². The molecule has 0 aliphatic carbocycles. The van der Waals surface area contributed by atoms with Crippen LogP contribution < -0.4 is 0 Å². The Labute approximate surface area is 99.6 Å². The predicted octanol–water partition coefficient (Wildman–Crippen LogP) is 1.06. The number of halogens is 1. The van der Waals surface area contributed by atoms with E-state index in [4.69, 9.17) is 21.1 Å². The van der Waals surface area contributed by atoms with Crippen LogP contribution in [-0.2, 0) is 23.9 Å². The van der Waals surface area contributed by atoms with Gasteiger partial charge in [0.05, 0.1) is 12.9 Å². The van der Waals surface area contributed by atoms with Crippen LogP contribution in [0.2, 0.25) is 0 Å². The van der Waals surface area contributed by atoms with Gasteiger partial charge in [-0.15, -0.1) is 0 Å². The zero-order chi connectivity index (χ0) is 12.6. The summed E-state index contributed by atoms with van der Waals surface area (Å²) in [7, 11) is -3.67. The van der Waals surface area contributed by atoms with Gasteiger partial charge in [-0.1, -0.05) is 16.8 Å². The van der Waals surface area contributed by atoms with Crippen LogP contribution in [0.5, 0.6) is 0 Å². The fourth-order valence-corrected chi connectivity index (χ4v) is 1.59. The summed E-state index contributed by atoms with van der Waals surface area (Å²) in [4.78, 5) is 0. The summed E-state index contributed by atoms with van der Waals surface area (Å²) in [6.45, 7) is 5.26. The van der Waals surface area contributed by atoms with E-state index in [0.29, 0.717) is 0 Å². The SMILES string of the molecule is CC1(C)OC[C@](C)(C(Cl)=NOS(C)(=O)=O)O1. The second-order valence-corrected chi connectivity index (χ2v) is 6.10. The first-order valence-corrected chi connectivity index (χ1v) is 6.70. The monoisotopic (exact) mass is 271 g/mol. The molecule has 0 spiro atoms. The number of nitrogens with zero attached hydrogens (tertiary/aromatic N) is 1. The molecule has 16 heavy (non-hydrogen) atoms. The summed E-state index contributed by atoms with van der Waals surface area (Å²) in [6.07, 6.45) is 0.874. The summed E-state index contributed by atoms with van der Waals surface area (Å²) in [5, 5.41) is 3.20. The summed E-state index contributed by atoms with van der Waals surface area (Å²) in [5.41, 5.74) is -0.990. The van der Waals surface area contributed by atoms with Crippen molar-refractivity contribution in [3.8, 4) is 0 Å². The maximum atomic E-state index is 10.7. The van der Waals surface area contributed by atoms with E-state index in [0.717, 1.165) is 6.26 Å². The Balaban J connectivity index is 2.78. The summed E-state index contributed by atoms with van der Waals surface area (Å²) in [5.74, 6) is -0.782. The van der Waals surface area contributed by atoms with Crippen molar-refractivity contribution in [2.24, 2.45) is 5.16 Å². The maximum Gasteiger partial charge on any atom is 0.325 e. The fraction of sp³-hybridized carbons (Fsp3) is 0.875. The third-order valence-corrected chi connectivity index (χ3v) is 2.67. The van der Waals surface area contributed by atoms with Crippen LogP contribution in [0.4, 0.5) is 0 Å². The molecule has 0 saturated carbocycles. The third-order valence-electron chi connectivity index (χ3n) is 1.86. The zero-order valence-electron chi connectivity index (χ0n) is 9.48. The van der Waals surface area contributed by atoms with Crippen molar-refractivity contribution in [2.45, 2.75) is 32.2 Å². The molecule has 0 amide bonds. The topological polar surface area (TPSA) is 74.2 Å². The first kappa shape index (κ1) is 13.7. The standard InChI is InChI=1S/C8H14ClNO5S/c1-7(2)13-5-8(3,14-7)6(9)10-15-16(4,11)12/h5H2,1-4H3/t8-/m1/s1. The van der Waals surface area contributed by atoms with Crippen LogP contribution in [0.15, 0.2) is 5.16 Å². The molecule has 1 saturated heterocycles. The van der Waals surface area contributed by atoms with Gasteiger partial charge in [0, 0.05) is 0 Å². The zero-order valence-corrected chi connectivity index (χ0v) is 11.1. The molecule has 0 radical (unpaired) electrons. The first-order valence-electron chi connectivity index (χ1n) is 4.51. The van der Waals surface area contributed by atoms with Gasteiger partial charge in [-0.05, 0) is 20.8 Å². The lowest BCUT2D eigenvalue weighted by Crippen LogP contribution is -2.37. The van der Waals surface area contributed by atoms with Gasteiger partial charge in [0.1, 0.15) is 5.60 Å². The molecule has 0 aromatic rings. The van der Waals surface area contributed by atoms with Gasteiger partial charge in [0.25, 0.3) is 0 Å². The number of rotatable bonds is 3. The van der Waals surface area contributed by atoms with Crippen molar-refractivity contribution < 1.29 is 22.2 Å². The van der Waals surface area contributed by atoms with Crippen LogP contribution in [0.25, 0.3) is 0 Å². The molecular weight excluding hydrogens is 258 g/mol. The number of hydrogen-bond acceptors (Lipinski definition) is 6. The van der Waals surface area contributed by atoms with Crippen LogP contribution in [0.3, 0.4) is 0 Å². The van der Waals surface area contributed by atoms with Crippen LogP contribution >= 0.6 is 11.6 Å². The van der Waals surface area contributed by atoms with Crippen molar-refractivity contribution in [3.63, 3.8) is 0 Å². The molecule has 0 N–H and O–H groups in total. The first-order chi connectivity index (χ1) is 7.04. The second-order valence-electron chi connectivity index (χ2n) is 4.18. The van der Waals surface area contributed by atoms with Crippen LogP contribution in [0, 0.1) is 0 Å². The van der Waals surface area contributed by atoms with Crippen molar-refractivity contribution in [2.75, 3.05) is 12.9 Å². The van der Waals surface area contributed by atoms with Gasteiger partial charge in [-0.2, -0.15) is 8.42 Å². The lowest BCUT2D eigenvalue weighted by atomic mass is 10.1. The van der Waals surface area contributed by atoms with E-state index in [9.17, 15) is 8.42 Å². The van der Waals surface area contributed by atoms with E-state index >= 15 is 0 Å². The summed E-state index contributed by atoms with van der Waals surface area (Å²) < 4.78 is 36.5. The van der Waals surface area contributed by atoms with Gasteiger partial charge in [-0.3, -0.25) is 4.28 Å². The molecule has 1 atom stereocenters. The molecule has 8 heteroatoms. The highest BCUT2D eigenvalue weighted by Crippen LogP contribution is 2.32. The molecule has 0 aromatic carbocycles. The highest BCUT2D eigenvalue weighted by atomic mass is 35.5. The van der Waals surface area contributed by atoms with E-state index in [1.807, 2.05) is 0 Å². The Morgan fingerprint density at radius 3 is 2.38 bits per heavy atom. The van der Waals surface area contributed by atoms with Crippen molar-refractivity contribution in [3.05, 3.63) is 0 Å². The molecule has 1 fully saturated rings. The lowest BCUT2D eigenvalue weighted by molar-refractivity contribution is -0.144. The lowest BCUT2D eigenvalue weighted by Gasteiger charge is -2.22. The third kappa shape index (κ3) is 3.58. The summed E-state index contributed by atoms with van der Waals surface area (Å²) in [6, 6.07) is 0. The average Bonchev–Trinajstić information content (AvgIpc) is 2.36. The van der Waals surface area contributed by atoms with Gasteiger partial charge in [0.15, 0.2) is 11.0 Å². The number of hydrogen-bond donors (Lipinski definition) is 0. The van der Waals surface area contributed by atoms with E-state index in [2.05, 4.69) is 9.44 Å². The Morgan fingerprint density at radius 2 is 2.00 bits per heavy atom. The Bertz CT molecular complexity index is 405. The Kier molecular flexibility index (Phi) is 3.54. The van der Waals surface area contributed by atoms with E-state index in [1.165, 1.54) is 0 Å². The number of ether oxygens (including phenoxy) is 2. The molecule has 6 nitrogen and oxygen atoms in total. The van der Waals surface area contributed by atoms with Crippen molar-refractivity contribution in [1.29, 1.82) is 0 Å². The smallest absolute Gasteiger partial charge is 0.325 e. The van der Waals surface area contributed by atoms with Gasteiger partial charge in [0.2, 0.25) is 0 Å². The molecule has 1 aliphatic heterocycles. The molecule has 0 unspecified atom stereocenters. The second kappa shape index (κ2) is 4.14. The Morgan fingerprint density at radius 1 is 1.44 bits per heavy atom. The highest BCUT2D eigenvalue weighted by molar-refractivity contribution is 7.85. The minimum atomic E-state index is -3.67. The van der Waals surface area contributed by atoms with Crippen LogP contribution in [-0.4, -0.2) is 37.8 Å². The number of oxime groups is 1. The normalized spacial score (nSPS) is 30.4. The molecule has 1 aliphatic rings. The minimum absolute atomic E-state index is 0.108. The van der Waals surface area contributed by atoms with Crippen molar-refractivity contribution >= 4 is 26.9 Å². The molecule has 0 aromatic heterocycles. The predicted molar refractivity (Wildman–Crippen MR) is 58.7 cm³/mol. The average molecular weight is 272 g/mol. The van der Waals surface area contributed by atoms with Gasteiger partial charge in [-0.25, -0.2) is 0 Å². The molecule has 1 heterocycles. The van der Waals surface area contributed by atoms with Crippen molar-refractivity contribution in [1.82, 2.24) is 0 Å². The molecule has 0 bridgehead atoms. The van der Waals surface area contributed by atoms with Gasteiger partial charge < -0.3 is 9.47 Å². The van der Waals surface area contributed by atoms with Crippen LogP contribution in [0.1, 0.15) is 20.8 Å². The minimum Gasteiger partial charge on any atom is -0.347 e. The Hall–Kier alpha value is -0.370. The molecular formula is C8H14ClNO5S. The highest BCUT2D eigenvalue weighted by Gasteiger charge is 2.45. The molecule has 94 valence electrons.